The van der Waals surface area contributed by atoms with Crippen molar-refractivity contribution in [3.63, 3.8) is 0 Å². The van der Waals surface area contributed by atoms with Gasteiger partial charge in [-0.3, -0.25) is 4.79 Å². The topological polar surface area (TPSA) is 38.3 Å². The number of halogens is 1. The van der Waals surface area contributed by atoms with Crippen molar-refractivity contribution < 1.29 is 9.53 Å². The normalized spacial score (nSPS) is 10.3. The van der Waals surface area contributed by atoms with E-state index in [4.69, 9.17) is 16.3 Å². The highest BCUT2D eigenvalue weighted by molar-refractivity contribution is 7.99. The molecule has 2 aromatic rings. The molecule has 0 bridgehead atoms. The van der Waals surface area contributed by atoms with Crippen LogP contribution in [-0.4, -0.2) is 18.3 Å². The van der Waals surface area contributed by atoms with E-state index in [0.717, 1.165) is 27.8 Å². The number of benzene rings is 2. The third-order valence-corrected chi connectivity index (χ3v) is 4.08. The minimum atomic E-state index is -0.0174. The van der Waals surface area contributed by atoms with E-state index in [1.807, 2.05) is 55.5 Å². The maximum Gasteiger partial charge on any atom is 0.234 e. The second-order valence-electron chi connectivity index (χ2n) is 4.63. The molecule has 0 spiro atoms. The summed E-state index contributed by atoms with van der Waals surface area (Å²) >= 11 is 7.49. The Hall–Kier alpha value is -1.65. The van der Waals surface area contributed by atoms with Crippen LogP contribution in [0.1, 0.15) is 12.5 Å². The number of hydrogen-bond acceptors (Lipinski definition) is 3. The number of ether oxygens (including phenoxy) is 1. The standard InChI is InChI=1S/C17H18ClNO2S/c1-2-21-16-8-6-15(7-9-16)19-17(20)12-22-11-13-4-3-5-14(18)10-13/h3-10H,2,11-12H2,1H3,(H,19,20). The van der Waals surface area contributed by atoms with Gasteiger partial charge >= 0.3 is 0 Å². The number of carbonyl (C=O) groups excluding carboxylic acids is 1. The Morgan fingerprint density at radius 3 is 2.68 bits per heavy atom. The third kappa shape index (κ3) is 5.62. The summed E-state index contributed by atoms with van der Waals surface area (Å²) in [5.74, 6) is 1.95. The Bertz CT molecular complexity index is 616. The smallest absolute Gasteiger partial charge is 0.234 e. The van der Waals surface area contributed by atoms with Crippen molar-refractivity contribution in [2.24, 2.45) is 0 Å². The van der Waals surface area contributed by atoms with Gasteiger partial charge in [0.25, 0.3) is 0 Å². The minimum absolute atomic E-state index is 0.0174. The van der Waals surface area contributed by atoms with Crippen LogP contribution in [0.2, 0.25) is 5.02 Å². The Morgan fingerprint density at radius 2 is 2.00 bits per heavy atom. The van der Waals surface area contributed by atoms with E-state index < -0.39 is 0 Å². The molecule has 0 radical (unpaired) electrons. The average Bonchev–Trinajstić information content (AvgIpc) is 2.50. The summed E-state index contributed by atoms with van der Waals surface area (Å²) < 4.78 is 5.36. The van der Waals surface area contributed by atoms with Gasteiger partial charge in [0, 0.05) is 16.5 Å². The average molecular weight is 336 g/mol. The van der Waals surface area contributed by atoms with Crippen LogP contribution in [-0.2, 0) is 10.5 Å². The van der Waals surface area contributed by atoms with Crippen molar-refractivity contribution in [3.8, 4) is 5.75 Å². The number of nitrogens with one attached hydrogen (secondary N) is 1. The Balaban J connectivity index is 1.75. The van der Waals surface area contributed by atoms with Crippen LogP contribution in [0.25, 0.3) is 0 Å². The molecule has 0 atom stereocenters. The van der Waals surface area contributed by atoms with Crippen LogP contribution in [0.5, 0.6) is 5.75 Å². The van der Waals surface area contributed by atoms with Crippen molar-refractivity contribution in [1.82, 2.24) is 0 Å². The molecule has 0 aliphatic rings. The molecule has 1 amide bonds. The van der Waals surface area contributed by atoms with Gasteiger partial charge in [-0.15, -0.1) is 11.8 Å². The number of amides is 1. The molecular weight excluding hydrogens is 318 g/mol. The predicted molar refractivity (Wildman–Crippen MR) is 93.9 cm³/mol. The van der Waals surface area contributed by atoms with Gasteiger partial charge in [-0.2, -0.15) is 0 Å². The minimum Gasteiger partial charge on any atom is -0.494 e. The lowest BCUT2D eigenvalue weighted by atomic mass is 10.2. The van der Waals surface area contributed by atoms with Crippen molar-refractivity contribution in [2.45, 2.75) is 12.7 Å². The molecule has 0 saturated heterocycles. The second kappa shape index (κ2) is 8.71. The van der Waals surface area contributed by atoms with Crippen LogP contribution in [0.3, 0.4) is 0 Å². The number of carbonyl (C=O) groups is 1. The van der Waals surface area contributed by atoms with Crippen molar-refractivity contribution >= 4 is 35.0 Å². The molecule has 0 aliphatic carbocycles. The van der Waals surface area contributed by atoms with Crippen LogP contribution >= 0.6 is 23.4 Å². The van der Waals surface area contributed by atoms with E-state index in [1.54, 1.807) is 11.8 Å². The van der Waals surface area contributed by atoms with Gasteiger partial charge < -0.3 is 10.1 Å². The quantitative estimate of drug-likeness (QED) is 0.803. The number of hydrogen-bond donors (Lipinski definition) is 1. The fraction of sp³-hybridized carbons (Fsp3) is 0.235. The first-order chi connectivity index (χ1) is 10.7. The molecule has 0 aromatic heterocycles. The molecule has 1 N–H and O–H groups in total. The lowest BCUT2D eigenvalue weighted by Gasteiger charge is -2.07. The molecular formula is C17H18ClNO2S. The van der Waals surface area contributed by atoms with Crippen LogP contribution < -0.4 is 10.1 Å². The number of thioether (sulfide) groups is 1. The van der Waals surface area contributed by atoms with E-state index in [-0.39, 0.29) is 5.91 Å². The summed E-state index contributed by atoms with van der Waals surface area (Å²) in [7, 11) is 0. The zero-order valence-electron chi connectivity index (χ0n) is 12.3. The maximum absolute atomic E-state index is 11.9. The number of rotatable bonds is 7. The van der Waals surface area contributed by atoms with Crippen LogP contribution in [0, 0.1) is 0 Å². The molecule has 22 heavy (non-hydrogen) atoms. The monoisotopic (exact) mass is 335 g/mol. The van der Waals surface area contributed by atoms with E-state index in [9.17, 15) is 4.79 Å². The summed E-state index contributed by atoms with van der Waals surface area (Å²) in [6.45, 7) is 2.57. The Kier molecular flexibility index (Phi) is 6.62. The molecule has 116 valence electrons. The Morgan fingerprint density at radius 1 is 1.23 bits per heavy atom. The van der Waals surface area contributed by atoms with Gasteiger partial charge in [-0.05, 0) is 48.9 Å². The maximum atomic E-state index is 11.9. The molecule has 0 aliphatic heterocycles. The van der Waals surface area contributed by atoms with Crippen molar-refractivity contribution in [1.29, 1.82) is 0 Å². The zero-order chi connectivity index (χ0) is 15.8. The summed E-state index contributed by atoms with van der Waals surface area (Å²) in [6, 6.07) is 15.0. The SMILES string of the molecule is CCOc1ccc(NC(=O)CSCc2cccc(Cl)c2)cc1. The van der Waals surface area contributed by atoms with Crippen molar-refractivity contribution in [3.05, 3.63) is 59.1 Å². The third-order valence-electron chi connectivity index (χ3n) is 2.84. The van der Waals surface area contributed by atoms with Crippen LogP contribution in [0.15, 0.2) is 48.5 Å². The van der Waals surface area contributed by atoms with Gasteiger partial charge in [0.2, 0.25) is 5.91 Å². The molecule has 0 saturated carbocycles. The second-order valence-corrected chi connectivity index (χ2v) is 6.05. The van der Waals surface area contributed by atoms with E-state index in [0.29, 0.717) is 12.4 Å². The largest absolute Gasteiger partial charge is 0.494 e. The predicted octanol–water partition coefficient (Wildman–Crippen LogP) is 4.61. The molecule has 2 aromatic carbocycles. The molecule has 0 unspecified atom stereocenters. The van der Waals surface area contributed by atoms with Gasteiger partial charge in [-0.25, -0.2) is 0 Å². The number of anilines is 1. The van der Waals surface area contributed by atoms with Gasteiger partial charge in [0.15, 0.2) is 0 Å². The highest BCUT2D eigenvalue weighted by Crippen LogP contribution is 2.18. The molecule has 0 heterocycles. The van der Waals surface area contributed by atoms with Gasteiger partial charge in [0.05, 0.1) is 12.4 Å². The summed E-state index contributed by atoms with van der Waals surface area (Å²) in [5.41, 5.74) is 1.89. The Labute approximate surface area is 140 Å². The first-order valence-corrected chi connectivity index (χ1v) is 8.55. The highest BCUT2D eigenvalue weighted by atomic mass is 35.5. The fourth-order valence-corrected chi connectivity index (χ4v) is 2.87. The van der Waals surface area contributed by atoms with Crippen molar-refractivity contribution in [2.75, 3.05) is 17.7 Å². The summed E-state index contributed by atoms with van der Waals surface area (Å²) in [4.78, 5) is 11.9. The molecule has 3 nitrogen and oxygen atoms in total. The first-order valence-electron chi connectivity index (χ1n) is 7.02. The van der Waals surface area contributed by atoms with Gasteiger partial charge in [0.1, 0.15) is 5.75 Å². The fourth-order valence-electron chi connectivity index (χ4n) is 1.89. The van der Waals surface area contributed by atoms with E-state index >= 15 is 0 Å². The molecule has 2 rings (SSSR count). The first kappa shape index (κ1) is 16.7. The highest BCUT2D eigenvalue weighted by Gasteiger charge is 2.04. The molecule has 0 fully saturated rings. The van der Waals surface area contributed by atoms with Gasteiger partial charge in [-0.1, -0.05) is 23.7 Å². The summed E-state index contributed by atoms with van der Waals surface area (Å²) in [6.07, 6.45) is 0. The van der Waals surface area contributed by atoms with Crippen LogP contribution in [0.4, 0.5) is 5.69 Å². The lowest BCUT2D eigenvalue weighted by molar-refractivity contribution is -0.113. The summed E-state index contributed by atoms with van der Waals surface area (Å²) in [5, 5.41) is 3.59. The van der Waals surface area contributed by atoms with E-state index in [1.165, 1.54) is 0 Å². The van der Waals surface area contributed by atoms with E-state index in [2.05, 4.69) is 5.32 Å². The zero-order valence-corrected chi connectivity index (χ0v) is 13.9. The lowest BCUT2D eigenvalue weighted by Crippen LogP contribution is -2.14. The molecule has 5 heteroatoms.